The molecule has 2 amide bonds. The van der Waals surface area contributed by atoms with E-state index in [0.717, 1.165) is 30.6 Å². The molecule has 1 aliphatic rings. The van der Waals surface area contributed by atoms with Gasteiger partial charge in [0, 0.05) is 44.2 Å². The minimum atomic E-state index is -0.112. The predicted octanol–water partition coefficient (Wildman–Crippen LogP) is 0.981. The first-order chi connectivity index (χ1) is 12.0. The first kappa shape index (κ1) is 17.1. The summed E-state index contributed by atoms with van der Waals surface area (Å²) in [5.74, 6) is 0.604. The van der Waals surface area contributed by atoms with Crippen LogP contribution in [0.1, 0.15) is 42.9 Å². The topological polar surface area (TPSA) is 93.0 Å². The Labute approximate surface area is 146 Å². The van der Waals surface area contributed by atoms with Crippen LogP contribution in [-0.2, 0) is 22.7 Å². The average molecular weight is 342 g/mol. The number of likely N-dealkylation sites (tertiary alicyclic amines) is 1. The van der Waals surface area contributed by atoms with Crippen molar-refractivity contribution in [1.82, 2.24) is 29.7 Å². The second-order valence-corrected chi connectivity index (χ2v) is 6.21. The standard InChI is InChI=1S/C17H22N6O2/c1-12-19-8-14(9-20-16(25)10-22-7-5-18-11-22)17(21-12)15-4-3-6-23(15)13(2)24/h5,7-8,11,15H,3-4,6,9-10H2,1-2H3,(H,20,25)/t15-/m0/s1. The number of imidazole rings is 1. The first-order valence-electron chi connectivity index (χ1n) is 8.36. The summed E-state index contributed by atoms with van der Waals surface area (Å²) in [5.41, 5.74) is 1.69. The molecule has 1 N–H and O–H groups in total. The molecule has 3 rings (SSSR count). The number of nitrogens with zero attached hydrogens (tertiary/aromatic N) is 5. The van der Waals surface area contributed by atoms with E-state index in [0.29, 0.717) is 12.4 Å². The summed E-state index contributed by atoms with van der Waals surface area (Å²) < 4.78 is 1.70. The SMILES string of the molecule is CC(=O)N1CCC[C@H]1c1nc(C)ncc1CNC(=O)Cn1ccnc1. The zero-order valence-corrected chi connectivity index (χ0v) is 14.5. The summed E-state index contributed by atoms with van der Waals surface area (Å²) in [7, 11) is 0. The number of hydrogen-bond acceptors (Lipinski definition) is 5. The molecule has 0 bridgehead atoms. The molecule has 1 atom stereocenters. The molecule has 25 heavy (non-hydrogen) atoms. The number of nitrogens with one attached hydrogen (secondary N) is 1. The van der Waals surface area contributed by atoms with Gasteiger partial charge in [-0.1, -0.05) is 0 Å². The van der Waals surface area contributed by atoms with Crippen molar-refractivity contribution in [3.05, 3.63) is 42.0 Å². The lowest BCUT2D eigenvalue weighted by Crippen LogP contribution is -2.31. The fraction of sp³-hybridized carbons (Fsp3) is 0.471. The molecule has 1 aliphatic heterocycles. The first-order valence-corrected chi connectivity index (χ1v) is 8.36. The minimum Gasteiger partial charge on any atom is -0.350 e. The molecule has 8 heteroatoms. The lowest BCUT2D eigenvalue weighted by molar-refractivity contribution is -0.129. The molecule has 0 spiro atoms. The molecular formula is C17H22N6O2. The lowest BCUT2D eigenvalue weighted by Gasteiger charge is -2.25. The summed E-state index contributed by atoms with van der Waals surface area (Å²) in [5, 5.41) is 2.89. The van der Waals surface area contributed by atoms with Crippen molar-refractivity contribution in [2.24, 2.45) is 0 Å². The third-order valence-electron chi connectivity index (χ3n) is 4.35. The third kappa shape index (κ3) is 4.01. The number of amides is 2. The molecule has 1 fully saturated rings. The molecule has 0 aromatic carbocycles. The van der Waals surface area contributed by atoms with E-state index in [2.05, 4.69) is 20.3 Å². The summed E-state index contributed by atoms with van der Waals surface area (Å²) >= 11 is 0. The van der Waals surface area contributed by atoms with Crippen LogP contribution >= 0.6 is 0 Å². The Morgan fingerprint density at radius 1 is 1.40 bits per heavy atom. The highest BCUT2D eigenvalue weighted by Crippen LogP contribution is 2.32. The maximum atomic E-state index is 12.1. The highest BCUT2D eigenvalue weighted by molar-refractivity contribution is 5.76. The second-order valence-electron chi connectivity index (χ2n) is 6.21. The molecule has 8 nitrogen and oxygen atoms in total. The Kier molecular flexibility index (Phi) is 5.06. The van der Waals surface area contributed by atoms with Crippen molar-refractivity contribution in [1.29, 1.82) is 0 Å². The summed E-state index contributed by atoms with van der Waals surface area (Å²) in [6.45, 7) is 4.71. The predicted molar refractivity (Wildman–Crippen MR) is 90.2 cm³/mol. The van der Waals surface area contributed by atoms with E-state index in [-0.39, 0.29) is 24.4 Å². The highest BCUT2D eigenvalue weighted by Gasteiger charge is 2.31. The van der Waals surface area contributed by atoms with E-state index >= 15 is 0 Å². The Morgan fingerprint density at radius 2 is 2.24 bits per heavy atom. The molecule has 0 unspecified atom stereocenters. The molecule has 2 aromatic rings. The summed E-state index contributed by atoms with van der Waals surface area (Å²) in [6, 6.07) is -0.0419. The van der Waals surface area contributed by atoms with Crippen molar-refractivity contribution >= 4 is 11.8 Å². The summed E-state index contributed by atoms with van der Waals surface area (Å²) in [4.78, 5) is 38.6. The van der Waals surface area contributed by atoms with E-state index in [1.54, 1.807) is 36.4 Å². The molecule has 132 valence electrons. The van der Waals surface area contributed by atoms with Gasteiger partial charge in [0.15, 0.2) is 0 Å². The minimum absolute atomic E-state index is 0.0419. The van der Waals surface area contributed by atoms with Crippen LogP contribution in [0, 0.1) is 6.92 Å². The Hall–Kier alpha value is -2.77. The smallest absolute Gasteiger partial charge is 0.240 e. The van der Waals surface area contributed by atoms with Crippen LogP contribution in [0.25, 0.3) is 0 Å². The van der Waals surface area contributed by atoms with Gasteiger partial charge in [0.05, 0.1) is 18.1 Å². The van der Waals surface area contributed by atoms with Crippen LogP contribution in [0.4, 0.5) is 0 Å². The number of aryl methyl sites for hydroxylation is 1. The van der Waals surface area contributed by atoms with E-state index in [1.807, 2.05) is 11.8 Å². The highest BCUT2D eigenvalue weighted by atomic mass is 16.2. The van der Waals surface area contributed by atoms with E-state index < -0.39 is 0 Å². The van der Waals surface area contributed by atoms with Crippen LogP contribution in [0.2, 0.25) is 0 Å². The van der Waals surface area contributed by atoms with Gasteiger partial charge in [-0.3, -0.25) is 9.59 Å². The van der Waals surface area contributed by atoms with Gasteiger partial charge in [-0.2, -0.15) is 0 Å². The molecule has 0 aliphatic carbocycles. The van der Waals surface area contributed by atoms with Crippen molar-refractivity contribution < 1.29 is 9.59 Å². The van der Waals surface area contributed by atoms with Crippen LogP contribution < -0.4 is 5.32 Å². The van der Waals surface area contributed by atoms with Gasteiger partial charge < -0.3 is 14.8 Å². The monoisotopic (exact) mass is 342 g/mol. The van der Waals surface area contributed by atoms with Crippen LogP contribution in [0.3, 0.4) is 0 Å². The average Bonchev–Trinajstić information content (AvgIpc) is 3.25. The zero-order valence-electron chi connectivity index (χ0n) is 14.5. The van der Waals surface area contributed by atoms with Gasteiger partial charge in [0.1, 0.15) is 12.4 Å². The number of carbonyl (C=O) groups is 2. The molecule has 3 heterocycles. The zero-order chi connectivity index (χ0) is 17.8. The maximum Gasteiger partial charge on any atom is 0.240 e. The Balaban J connectivity index is 1.73. The van der Waals surface area contributed by atoms with Gasteiger partial charge in [-0.05, 0) is 19.8 Å². The molecule has 0 radical (unpaired) electrons. The fourth-order valence-electron chi connectivity index (χ4n) is 3.16. The van der Waals surface area contributed by atoms with Crippen LogP contribution in [-0.4, -0.2) is 42.8 Å². The van der Waals surface area contributed by atoms with Crippen LogP contribution in [0.15, 0.2) is 24.9 Å². The third-order valence-corrected chi connectivity index (χ3v) is 4.35. The maximum absolute atomic E-state index is 12.1. The fourth-order valence-corrected chi connectivity index (χ4v) is 3.16. The number of hydrogen-bond donors (Lipinski definition) is 1. The normalized spacial score (nSPS) is 16.9. The van der Waals surface area contributed by atoms with E-state index in [4.69, 9.17) is 0 Å². The second kappa shape index (κ2) is 7.42. The summed E-state index contributed by atoms with van der Waals surface area (Å²) in [6.07, 6.45) is 8.56. The Morgan fingerprint density at radius 3 is 2.96 bits per heavy atom. The van der Waals surface area contributed by atoms with Gasteiger partial charge in [0.2, 0.25) is 11.8 Å². The van der Waals surface area contributed by atoms with Crippen molar-refractivity contribution in [2.45, 2.75) is 45.8 Å². The molecule has 2 aromatic heterocycles. The van der Waals surface area contributed by atoms with E-state index in [9.17, 15) is 9.59 Å². The van der Waals surface area contributed by atoms with E-state index in [1.165, 1.54) is 0 Å². The van der Waals surface area contributed by atoms with Gasteiger partial charge in [-0.25, -0.2) is 15.0 Å². The quantitative estimate of drug-likeness (QED) is 0.874. The van der Waals surface area contributed by atoms with Crippen molar-refractivity contribution in [3.63, 3.8) is 0 Å². The van der Waals surface area contributed by atoms with Gasteiger partial charge in [-0.15, -0.1) is 0 Å². The molecule has 1 saturated heterocycles. The van der Waals surface area contributed by atoms with Crippen molar-refractivity contribution in [3.8, 4) is 0 Å². The molecular weight excluding hydrogens is 320 g/mol. The number of aromatic nitrogens is 4. The molecule has 0 saturated carbocycles. The Bertz CT molecular complexity index is 759. The largest absolute Gasteiger partial charge is 0.350 e. The number of rotatable bonds is 5. The van der Waals surface area contributed by atoms with Crippen molar-refractivity contribution in [2.75, 3.05) is 6.54 Å². The van der Waals surface area contributed by atoms with Crippen LogP contribution in [0.5, 0.6) is 0 Å². The number of carbonyl (C=O) groups excluding carboxylic acids is 2. The van der Waals surface area contributed by atoms with Gasteiger partial charge in [0.25, 0.3) is 0 Å². The lowest BCUT2D eigenvalue weighted by atomic mass is 10.1. The van der Waals surface area contributed by atoms with Gasteiger partial charge >= 0.3 is 0 Å².